The minimum atomic E-state index is -3.12. The van der Waals surface area contributed by atoms with E-state index >= 15 is 0 Å². The molecular weight excluding hydrogens is 411 g/mol. The number of ether oxygens (including phenoxy) is 2. The fourth-order valence-corrected chi connectivity index (χ4v) is 3.13. The molecule has 0 bridgehead atoms. The van der Waals surface area contributed by atoms with Gasteiger partial charge >= 0.3 is 6.61 Å². The molecule has 0 saturated carbocycles. The highest BCUT2D eigenvalue weighted by Crippen LogP contribution is 2.33. The Bertz CT molecular complexity index is 1030. The molecule has 29 heavy (non-hydrogen) atoms. The van der Waals surface area contributed by atoms with E-state index in [2.05, 4.69) is 30.3 Å². The summed E-state index contributed by atoms with van der Waals surface area (Å²) in [4.78, 5) is 12.7. The Morgan fingerprint density at radius 2 is 2.10 bits per heavy atom. The number of halogens is 4. The molecule has 0 spiro atoms. The van der Waals surface area contributed by atoms with Crippen LogP contribution >= 0.6 is 11.6 Å². The second-order valence-corrected chi connectivity index (χ2v) is 6.65. The Balaban J connectivity index is 1.64. The lowest BCUT2D eigenvalue weighted by molar-refractivity contribution is -0.0499. The minimum absolute atomic E-state index is 0.0135. The number of rotatable bonds is 6. The summed E-state index contributed by atoms with van der Waals surface area (Å²) in [6.07, 6.45) is 2.17. The Hall–Kier alpha value is -2.85. The molecule has 3 heterocycles. The normalized spacial score (nSPS) is 16.4. The molecule has 0 aliphatic carbocycles. The number of hydrogen-bond donors (Lipinski definition) is 2. The van der Waals surface area contributed by atoms with Crippen LogP contribution < -0.4 is 20.1 Å². The van der Waals surface area contributed by atoms with E-state index in [-0.39, 0.29) is 22.6 Å². The highest BCUT2D eigenvalue weighted by atomic mass is 35.5. The summed E-state index contributed by atoms with van der Waals surface area (Å²) >= 11 is 5.91. The largest absolute Gasteiger partial charge is 0.473 e. The van der Waals surface area contributed by atoms with Gasteiger partial charge in [0.15, 0.2) is 5.82 Å². The van der Waals surface area contributed by atoms with E-state index in [4.69, 9.17) is 16.3 Å². The lowest BCUT2D eigenvalue weighted by atomic mass is 10.2. The first-order valence-electron chi connectivity index (χ1n) is 8.69. The highest BCUT2D eigenvalue weighted by Gasteiger charge is 2.18. The van der Waals surface area contributed by atoms with Gasteiger partial charge in [0.1, 0.15) is 29.5 Å². The first kappa shape index (κ1) is 19.5. The van der Waals surface area contributed by atoms with Crippen molar-refractivity contribution in [3.05, 3.63) is 41.4 Å². The van der Waals surface area contributed by atoms with Crippen LogP contribution in [-0.2, 0) is 0 Å². The maximum atomic E-state index is 14.4. The quantitative estimate of drug-likeness (QED) is 0.619. The predicted octanol–water partition coefficient (Wildman–Crippen LogP) is 3.90. The first-order chi connectivity index (χ1) is 14.0. The zero-order chi connectivity index (χ0) is 20.4. The fourth-order valence-electron chi connectivity index (χ4n) is 2.92. The van der Waals surface area contributed by atoms with Gasteiger partial charge in [-0.25, -0.2) is 19.3 Å². The van der Waals surface area contributed by atoms with Crippen molar-refractivity contribution in [1.82, 2.24) is 20.3 Å². The number of fused-ring (bicyclic) bond motifs is 1. The lowest BCUT2D eigenvalue weighted by Crippen LogP contribution is -2.20. The molecule has 1 aromatic carbocycles. The zero-order valence-electron chi connectivity index (χ0n) is 14.8. The summed E-state index contributed by atoms with van der Waals surface area (Å²) in [5, 5.41) is 5.79. The number of benzene rings is 1. The van der Waals surface area contributed by atoms with E-state index in [0.29, 0.717) is 16.9 Å². The van der Waals surface area contributed by atoms with Crippen molar-refractivity contribution in [1.29, 1.82) is 0 Å². The van der Waals surface area contributed by atoms with Crippen molar-refractivity contribution in [2.24, 2.45) is 0 Å². The maximum absolute atomic E-state index is 14.4. The van der Waals surface area contributed by atoms with Crippen LogP contribution in [0.5, 0.6) is 11.6 Å². The number of pyridine rings is 1. The van der Waals surface area contributed by atoms with Crippen LogP contribution in [0, 0.1) is 5.82 Å². The third-order valence-electron chi connectivity index (χ3n) is 4.25. The Morgan fingerprint density at radius 3 is 2.86 bits per heavy atom. The highest BCUT2D eigenvalue weighted by molar-refractivity contribution is 6.32. The van der Waals surface area contributed by atoms with Crippen molar-refractivity contribution < 1.29 is 22.6 Å². The first-order valence-corrected chi connectivity index (χ1v) is 9.07. The van der Waals surface area contributed by atoms with E-state index in [0.717, 1.165) is 31.6 Å². The molecule has 1 saturated heterocycles. The third-order valence-corrected chi connectivity index (χ3v) is 4.54. The van der Waals surface area contributed by atoms with Crippen molar-refractivity contribution in [3.8, 4) is 11.6 Å². The maximum Gasteiger partial charge on any atom is 0.387 e. The molecule has 2 aromatic heterocycles. The SMILES string of the molecule is Fc1cc(OC(F)F)c(Cl)cc1Nc1ncnc2ccc(O[C@H]3CCNC3)nc12. The van der Waals surface area contributed by atoms with Gasteiger partial charge in [0.25, 0.3) is 0 Å². The van der Waals surface area contributed by atoms with Crippen molar-refractivity contribution in [3.63, 3.8) is 0 Å². The van der Waals surface area contributed by atoms with Gasteiger partial charge in [0.2, 0.25) is 5.88 Å². The Kier molecular flexibility index (Phi) is 5.54. The number of hydrogen-bond acceptors (Lipinski definition) is 7. The summed E-state index contributed by atoms with van der Waals surface area (Å²) < 4.78 is 49.2. The predicted molar refractivity (Wildman–Crippen MR) is 101 cm³/mol. The molecule has 1 aliphatic rings. The second kappa shape index (κ2) is 8.26. The zero-order valence-corrected chi connectivity index (χ0v) is 15.6. The molecule has 4 rings (SSSR count). The second-order valence-electron chi connectivity index (χ2n) is 6.24. The number of alkyl halides is 2. The van der Waals surface area contributed by atoms with Crippen molar-refractivity contribution in [2.45, 2.75) is 19.1 Å². The van der Waals surface area contributed by atoms with Gasteiger partial charge in [-0.15, -0.1) is 0 Å². The number of nitrogens with zero attached hydrogens (tertiary/aromatic N) is 3. The topological polar surface area (TPSA) is 81.2 Å². The average molecular weight is 426 g/mol. The molecule has 11 heteroatoms. The Morgan fingerprint density at radius 1 is 1.24 bits per heavy atom. The molecular formula is C18H15ClF3N5O2. The summed E-state index contributed by atoms with van der Waals surface area (Å²) in [5.74, 6) is -0.705. The van der Waals surface area contributed by atoms with Crippen LogP contribution in [0.3, 0.4) is 0 Å². The van der Waals surface area contributed by atoms with Gasteiger partial charge in [-0.3, -0.25) is 0 Å². The van der Waals surface area contributed by atoms with Gasteiger partial charge in [-0.05, 0) is 25.1 Å². The third kappa shape index (κ3) is 4.43. The minimum Gasteiger partial charge on any atom is -0.473 e. The molecule has 0 unspecified atom stereocenters. The van der Waals surface area contributed by atoms with Gasteiger partial charge in [0.05, 0.1) is 16.2 Å². The number of nitrogens with one attached hydrogen (secondary N) is 2. The standard InChI is InChI=1S/C18H15ClF3N5O2/c19-10-5-13(11(20)6-14(10)29-18(21)22)26-17-16-12(24-8-25-17)1-2-15(27-16)28-9-3-4-23-7-9/h1-2,5-6,8-9,18,23H,3-4,7H2,(H,24,25,26)/t9-/m0/s1. The molecule has 7 nitrogen and oxygen atoms in total. The number of anilines is 2. The molecule has 3 aromatic rings. The molecule has 1 fully saturated rings. The van der Waals surface area contributed by atoms with Crippen LogP contribution in [0.4, 0.5) is 24.7 Å². The smallest absolute Gasteiger partial charge is 0.387 e. The number of aromatic nitrogens is 3. The van der Waals surface area contributed by atoms with Crippen molar-refractivity contribution >= 4 is 34.1 Å². The van der Waals surface area contributed by atoms with Gasteiger partial charge < -0.3 is 20.1 Å². The lowest BCUT2D eigenvalue weighted by Gasteiger charge is -2.14. The van der Waals surface area contributed by atoms with Crippen LogP contribution in [0.25, 0.3) is 11.0 Å². The van der Waals surface area contributed by atoms with E-state index in [1.54, 1.807) is 12.1 Å². The Labute approximate surface area is 168 Å². The van der Waals surface area contributed by atoms with Gasteiger partial charge in [-0.2, -0.15) is 8.78 Å². The summed E-state index contributed by atoms with van der Waals surface area (Å²) in [6.45, 7) is -1.51. The van der Waals surface area contributed by atoms with E-state index in [1.807, 2.05) is 0 Å². The van der Waals surface area contributed by atoms with Gasteiger partial charge in [-0.1, -0.05) is 11.6 Å². The molecule has 0 radical (unpaired) electrons. The van der Waals surface area contributed by atoms with Crippen molar-refractivity contribution in [2.75, 3.05) is 18.4 Å². The molecule has 0 amide bonds. The van der Waals surface area contributed by atoms with Crippen LogP contribution in [-0.4, -0.2) is 40.8 Å². The van der Waals surface area contributed by atoms with Crippen LogP contribution in [0.2, 0.25) is 5.02 Å². The fraction of sp³-hybridized carbons (Fsp3) is 0.278. The molecule has 2 N–H and O–H groups in total. The molecule has 1 atom stereocenters. The average Bonchev–Trinajstić information content (AvgIpc) is 3.19. The summed E-state index contributed by atoms with van der Waals surface area (Å²) in [6, 6.07) is 5.32. The monoisotopic (exact) mass is 425 g/mol. The van der Waals surface area contributed by atoms with Crippen LogP contribution in [0.15, 0.2) is 30.6 Å². The molecule has 152 valence electrons. The van der Waals surface area contributed by atoms with E-state index in [9.17, 15) is 13.2 Å². The van der Waals surface area contributed by atoms with Crippen LogP contribution in [0.1, 0.15) is 6.42 Å². The van der Waals surface area contributed by atoms with Gasteiger partial charge in [0, 0.05) is 18.7 Å². The van der Waals surface area contributed by atoms with E-state index < -0.39 is 18.2 Å². The van der Waals surface area contributed by atoms with E-state index in [1.165, 1.54) is 6.33 Å². The summed E-state index contributed by atoms with van der Waals surface area (Å²) in [7, 11) is 0. The summed E-state index contributed by atoms with van der Waals surface area (Å²) in [5.41, 5.74) is 0.799. The molecule has 1 aliphatic heterocycles.